The molecule has 0 aliphatic carbocycles. The van der Waals surface area contributed by atoms with Crippen LogP contribution in [0.1, 0.15) is 17.7 Å². The first-order valence-corrected chi connectivity index (χ1v) is 7.10. The minimum absolute atomic E-state index is 0.0458. The van der Waals surface area contributed by atoms with Crippen molar-refractivity contribution in [2.45, 2.75) is 19.5 Å². The highest BCUT2D eigenvalue weighted by molar-refractivity contribution is 5.51. The Kier molecular flexibility index (Phi) is 5.32. The van der Waals surface area contributed by atoms with Crippen LogP contribution >= 0.6 is 0 Å². The van der Waals surface area contributed by atoms with Gasteiger partial charge in [0.15, 0.2) is 11.6 Å². The molecule has 2 rings (SSSR count). The minimum atomic E-state index is -4.46. The van der Waals surface area contributed by atoms with E-state index in [9.17, 15) is 13.2 Å². The molecule has 1 aromatic heterocycles. The van der Waals surface area contributed by atoms with Gasteiger partial charge in [-0.1, -0.05) is 12.1 Å². The molecule has 1 aromatic carbocycles. The summed E-state index contributed by atoms with van der Waals surface area (Å²) in [6.07, 6.45) is -4.10. The normalized spacial score (nSPS) is 11.3. The zero-order valence-corrected chi connectivity index (χ0v) is 12.9. The Hall–Kier alpha value is -2.71. The lowest BCUT2D eigenvalue weighted by molar-refractivity contribution is -0.138. The topological polar surface area (TPSA) is 96.3 Å². The van der Waals surface area contributed by atoms with Gasteiger partial charge in [0, 0.05) is 6.42 Å². The van der Waals surface area contributed by atoms with Gasteiger partial charge in [-0.2, -0.15) is 18.2 Å². The summed E-state index contributed by atoms with van der Waals surface area (Å²) in [5, 5.41) is 0. The Labute approximate surface area is 136 Å². The molecule has 0 bridgehead atoms. The smallest absolute Gasteiger partial charge is 0.419 e. The molecule has 0 aliphatic heterocycles. The Morgan fingerprint density at radius 2 is 1.71 bits per heavy atom. The van der Waals surface area contributed by atoms with Crippen molar-refractivity contribution in [1.82, 2.24) is 9.97 Å². The monoisotopic (exact) mass is 342 g/mol. The molecule has 0 atom stereocenters. The summed E-state index contributed by atoms with van der Waals surface area (Å²) in [5.74, 6) is 0.254. The van der Waals surface area contributed by atoms with Crippen molar-refractivity contribution in [3.63, 3.8) is 0 Å². The lowest BCUT2D eigenvalue weighted by Gasteiger charge is -2.14. The summed E-state index contributed by atoms with van der Waals surface area (Å²) in [4.78, 5) is 7.71. The molecule has 1 heterocycles. The van der Waals surface area contributed by atoms with E-state index in [0.717, 1.165) is 6.07 Å². The van der Waals surface area contributed by atoms with Crippen LogP contribution in [0, 0.1) is 6.92 Å². The summed E-state index contributed by atoms with van der Waals surface area (Å²) in [5.41, 5.74) is 10.8. The Morgan fingerprint density at radius 3 is 2.38 bits per heavy atom. The van der Waals surface area contributed by atoms with Gasteiger partial charge in [0.25, 0.3) is 0 Å². The van der Waals surface area contributed by atoms with E-state index in [1.165, 1.54) is 18.2 Å². The van der Waals surface area contributed by atoms with Gasteiger partial charge in [-0.25, -0.2) is 4.98 Å². The van der Waals surface area contributed by atoms with Crippen LogP contribution in [0.25, 0.3) is 0 Å². The van der Waals surface area contributed by atoms with Gasteiger partial charge < -0.3 is 20.9 Å². The first-order chi connectivity index (χ1) is 11.3. The maximum atomic E-state index is 12.8. The number of halogens is 3. The number of rotatable bonds is 6. The van der Waals surface area contributed by atoms with Gasteiger partial charge in [0.05, 0.1) is 24.5 Å². The number of aryl methyl sites for hydroxylation is 1. The maximum Gasteiger partial charge on any atom is 0.419 e. The van der Waals surface area contributed by atoms with E-state index in [1.807, 2.05) is 0 Å². The zero-order chi connectivity index (χ0) is 17.7. The molecular formula is C15H17F3N4O2. The van der Waals surface area contributed by atoms with Gasteiger partial charge >= 0.3 is 6.18 Å². The van der Waals surface area contributed by atoms with Crippen LogP contribution in [0.4, 0.5) is 24.9 Å². The van der Waals surface area contributed by atoms with Crippen LogP contribution < -0.4 is 20.9 Å². The van der Waals surface area contributed by atoms with Crippen molar-refractivity contribution >= 4 is 11.8 Å². The average molecular weight is 342 g/mol. The first-order valence-electron chi connectivity index (χ1n) is 7.10. The van der Waals surface area contributed by atoms with E-state index >= 15 is 0 Å². The van der Waals surface area contributed by atoms with Crippen LogP contribution in [0.5, 0.6) is 11.5 Å². The lowest BCUT2D eigenvalue weighted by atomic mass is 10.2. The number of anilines is 2. The fourth-order valence-corrected chi connectivity index (χ4v) is 2.03. The number of hydrogen-bond donors (Lipinski definition) is 2. The first kappa shape index (κ1) is 17.6. The van der Waals surface area contributed by atoms with Gasteiger partial charge in [-0.3, -0.25) is 0 Å². The lowest BCUT2D eigenvalue weighted by Crippen LogP contribution is -2.12. The van der Waals surface area contributed by atoms with Crippen LogP contribution in [0.15, 0.2) is 24.3 Å². The molecule has 0 saturated heterocycles. The van der Waals surface area contributed by atoms with Crippen molar-refractivity contribution in [3.8, 4) is 11.5 Å². The summed E-state index contributed by atoms with van der Waals surface area (Å²) in [6.45, 7) is 1.91. The summed E-state index contributed by atoms with van der Waals surface area (Å²) in [6, 6.07) is 5.05. The molecule has 9 heteroatoms. The number of aromatic nitrogens is 2. The highest BCUT2D eigenvalue weighted by Gasteiger charge is 2.33. The second kappa shape index (κ2) is 7.24. The molecule has 4 N–H and O–H groups in total. The molecule has 0 amide bonds. The zero-order valence-electron chi connectivity index (χ0n) is 12.9. The largest absolute Gasteiger partial charge is 0.493 e. The standard InChI is InChI=1S/C15H17F3N4O2/c1-9-12(13(19)22-14(20)21-9)24-8-4-7-23-11-6-3-2-5-10(11)15(16,17)18/h2-3,5-6H,4,7-8H2,1H3,(H4,19,20,21,22). The van der Waals surface area contributed by atoms with Crippen LogP contribution in [-0.4, -0.2) is 23.2 Å². The molecule has 0 unspecified atom stereocenters. The fourth-order valence-electron chi connectivity index (χ4n) is 2.03. The molecule has 0 saturated carbocycles. The molecular weight excluding hydrogens is 325 g/mol. The highest BCUT2D eigenvalue weighted by Crippen LogP contribution is 2.35. The molecule has 24 heavy (non-hydrogen) atoms. The van der Waals surface area contributed by atoms with E-state index in [2.05, 4.69) is 9.97 Å². The maximum absolute atomic E-state index is 12.8. The van der Waals surface area contributed by atoms with Crippen molar-refractivity contribution in [2.75, 3.05) is 24.7 Å². The molecule has 0 spiro atoms. The van der Waals surface area contributed by atoms with Gasteiger partial charge in [0.1, 0.15) is 5.75 Å². The molecule has 6 nitrogen and oxygen atoms in total. The number of hydrogen-bond acceptors (Lipinski definition) is 6. The summed E-state index contributed by atoms with van der Waals surface area (Å²) < 4.78 is 49.1. The van der Waals surface area contributed by atoms with Crippen LogP contribution in [-0.2, 0) is 6.18 Å². The average Bonchev–Trinajstić information content (AvgIpc) is 2.48. The van der Waals surface area contributed by atoms with Gasteiger partial charge in [-0.15, -0.1) is 0 Å². The quantitative estimate of drug-likeness (QED) is 0.784. The third kappa shape index (κ3) is 4.40. The molecule has 130 valence electrons. The minimum Gasteiger partial charge on any atom is -0.493 e. The number of benzene rings is 1. The van der Waals surface area contributed by atoms with Gasteiger partial charge in [-0.05, 0) is 19.1 Å². The second-order valence-corrected chi connectivity index (χ2v) is 4.93. The number of alkyl halides is 3. The highest BCUT2D eigenvalue weighted by atomic mass is 19.4. The van der Waals surface area contributed by atoms with Crippen molar-refractivity contribution in [1.29, 1.82) is 0 Å². The van der Waals surface area contributed by atoms with Gasteiger partial charge in [0.2, 0.25) is 5.95 Å². The summed E-state index contributed by atoms with van der Waals surface area (Å²) in [7, 11) is 0. The van der Waals surface area contributed by atoms with Crippen LogP contribution in [0.2, 0.25) is 0 Å². The Morgan fingerprint density at radius 1 is 1.04 bits per heavy atom. The number of ether oxygens (including phenoxy) is 2. The van der Waals surface area contributed by atoms with E-state index < -0.39 is 11.7 Å². The van der Waals surface area contributed by atoms with Crippen molar-refractivity contribution in [3.05, 3.63) is 35.5 Å². The third-order valence-electron chi connectivity index (χ3n) is 3.06. The fraction of sp³-hybridized carbons (Fsp3) is 0.333. The van der Waals surface area contributed by atoms with Crippen LogP contribution in [0.3, 0.4) is 0 Å². The Balaban J connectivity index is 1.87. The molecule has 2 aromatic rings. The Bertz CT molecular complexity index is 684. The van der Waals surface area contributed by atoms with E-state index in [4.69, 9.17) is 20.9 Å². The molecule has 0 radical (unpaired) electrons. The predicted molar refractivity (Wildman–Crippen MR) is 82.6 cm³/mol. The van der Waals surface area contributed by atoms with E-state index in [0.29, 0.717) is 17.9 Å². The van der Waals surface area contributed by atoms with Crippen molar-refractivity contribution < 1.29 is 22.6 Å². The number of nitrogens with two attached hydrogens (primary N) is 2. The SMILES string of the molecule is Cc1nc(N)nc(N)c1OCCCOc1ccccc1C(F)(F)F. The van der Waals surface area contributed by atoms with E-state index in [-0.39, 0.29) is 30.7 Å². The van der Waals surface area contributed by atoms with Crippen molar-refractivity contribution in [2.24, 2.45) is 0 Å². The summed E-state index contributed by atoms with van der Waals surface area (Å²) >= 11 is 0. The molecule has 0 fully saturated rings. The van der Waals surface area contributed by atoms with E-state index in [1.54, 1.807) is 6.92 Å². The number of nitrogen functional groups attached to an aromatic ring is 2. The molecule has 0 aliphatic rings. The predicted octanol–water partition coefficient (Wildman–Crippen LogP) is 2.82. The number of nitrogens with zero attached hydrogens (tertiary/aromatic N) is 2. The number of para-hydroxylation sites is 1. The third-order valence-corrected chi connectivity index (χ3v) is 3.06. The second-order valence-electron chi connectivity index (χ2n) is 4.93.